The molecular formula is C5H12N4. The molecule has 0 aromatic heterocycles. The molecule has 0 fully saturated rings. The molecule has 0 aromatic carbocycles. The van der Waals surface area contributed by atoms with Crippen molar-refractivity contribution in [1.29, 1.82) is 0 Å². The predicted molar refractivity (Wildman–Crippen MR) is 36.3 cm³/mol. The molecule has 1 aliphatic heterocycles. The lowest BCUT2D eigenvalue weighted by atomic mass is 10.2. The molecule has 0 bridgehead atoms. The fourth-order valence-electron chi connectivity index (χ4n) is 0.707. The van der Waals surface area contributed by atoms with Crippen molar-refractivity contribution in [2.45, 2.75) is 13.8 Å². The van der Waals surface area contributed by atoms with E-state index in [1.54, 1.807) is 6.34 Å². The van der Waals surface area contributed by atoms with Crippen molar-refractivity contribution >= 4 is 6.34 Å². The van der Waals surface area contributed by atoms with Crippen LogP contribution in [0.4, 0.5) is 0 Å². The van der Waals surface area contributed by atoms with Crippen LogP contribution in [0.2, 0.25) is 0 Å². The van der Waals surface area contributed by atoms with Crippen LogP contribution in [0.5, 0.6) is 0 Å². The number of hydrazone groups is 1. The molecule has 4 nitrogen and oxygen atoms in total. The summed E-state index contributed by atoms with van der Waals surface area (Å²) in [6.07, 6.45) is 1.74. The quantitative estimate of drug-likeness (QED) is 0.546. The van der Waals surface area contributed by atoms with Gasteiger partial charge in [-0.05, 0) is 5.92 Å². The van der Waals surface area contributed by atoms with E-state index in [-0.39, 0.29) is 0 Å². The van der Waals surface area contributed by atoms with Crippen LogP contribution in [0.1, 0.15) is 13.8 Å². The molecule has 0 saturated carbocycles. The molecule has 2 N–H and O–H groups in total. The molecule has 0 unspecified atom stereocenters. The van der Waals surface area contributed by atoms with Crippen molar-refractivity contribution in [1.82, 2.24) is 16.1 Å². The van der Waals surface area contributed by atoms with Gasteiger partial charge in [-0.15, -0.1) is 5.53 Å². The van der Waals surface area contributed by atoms with Gasteiger partial charge >= 0.3 is 0 Å². The largest absolute Gasteiger partial charge is 0.277 e. The molecule has 1 heterocycles. The zero-order valence-electron chi connectivity index (χ0n) is 5.76. The minimum absolute atomic E-state index is 0.656. The Hall–Kier alpha value is -0.770. The van der Waals surface area contributed by atoms with Crippen LogP contribution in [-0.2, 0) is 0 Å². The smallest absolute Gasteiger partial charge is 0.128 e. The van der Waals surface area contributed by atoms with Crippen molar-refractivity contribution < 1.29 is 0 Å². The van der Waals surface area contributed by atoms with Crippen LogP contribution < -0.4 is 11.1 Å². The van der Waals surface area contributed by atoms with Gasteiger partial charge in [0.15, 0.2) is 0 Å². The fraction of sp³-hybridized carbons (Fsp3) is 0.800. The van der Waals surface area contributed by atoms with Crippen LogP contribution in [0, 0.1) is 5.92 Å². The van der Waals surface area contributed by atoms with Crippen LogP contribution in [0.3, 0.4) is 0 Å². The lowest BCUT2D eigenvalue weighted by Gasteiger charge is -2.14. The first-order valence-corrected chi connectivity index (χ1v) is 3.09. The molecule has 1 rings (SSSR count). The number of hydrogen-bond donors (Lipinski definition) is 2. The second-order valence-electron chi connectivity index (χ2n) is 2.51. The van der Waals surface area contributed by atoms with Crippen molar-refractivity contribution in [2.75, 3.05) is 6.54 Å². The standard InChI is InChI=1S/C5H12N4/c1-5(2)3-9-4-6-7-8-9/h4-5,7-8H,3H2,1-2H3. The first-order valence-electron chi connectivity index (χ1n) is 3.09. The van der Waals surface area contributed by atoms with E-state index in [0.29, 0.717) is 5.92 Å². The first kappa shape index (κ1) is 6.35. The van der Waals surface area contributed by atoms with Crippen molar-refractivity contribution in [3.63, 3.8) is 0 Å². The highest BCUT2D eigenvalue weighted by atomic mass is 15.8. The summed E-state index contributed by atoms with van der Waals surface area (Å²) in [5.74, 6) is 0.656. The van der Waals surface area contributed by atoms with Gasteiger partial charge in [-0.2, -0.15) is 5.10 Å². The van der Waals surface area contributed by atoms with E-state index in [2.05, 4.69) is 30.0 Å². The van der Waals surface area contributed by atoms with Gasteiger partial charge in [0.05, 0.1) is 0 Å². The minimum atomic E-state index is 0.656. The molecule has 1 aliphatic rings. The van der Waals surface area contributed by atoms with Crippen molar-refractivity contribution in [2.24, 2.45) is 11.0 Å². The Bertz CT molecular complexity index is 110. The van der Waals surface area contributed by atoms with E-state index in [0.717, 1.165) is 6.54 Å². The van der Waals surface area contributed by atoms with Gasteiger partial charge in [-0.3, -0.25) is 5.01 Å². The summed E-state index contributed by atoms with van der Waals surface area (Å²) in [5.41, 5.74) is 5.47. The maximum absolute atomic E-state index is 3.76. The zero-order chi connectivity index (χ0) is 6.69. The van der Waals surface area contributed by atoms with E-state index < -0.39 is 0 Å². The first-order chi connectivity index (χ1) is 4.29. The molecule has 0 spiro atoms. The number of nitrogens with zero attached hydrogens (tertiary/aromatic N) is 2. The fourth-order valence-corrected chi connectivity index (χ4v) is 0.707. The Balaban J connectivity index is 2.20. The predicted octanol–water partition coefficient (Wildman–Crippen LogP) is -0.0895. The molecule has 52 valence electrons. The van der Waals surface area contributed by atoms with E-state index in [9.17, 15) is 0 Å². The summed E-state index contributed by atoms with van der Waals surface area (Å²) < 4.78 is 0. The maximum atomic E-state index is 3.76. The SMILES string of the molecule is CC(C)CN1C=NNN1. The van der Waals surface area contributed by atoms with Crippen LogP contribution in [0.25, 0.3) is 0 Å². The monoisotopic (exact) mass is 128 g/mol. The van der Waals surface area contributed by atoms with Gasteiger partial charge in [0.25, 0.3) is 0 Å². The third-order valence-electron chi connectivity index (χ3n) is 1.02. The van der Waals surface area contributed by atoms with Gasteiger partial charge in [0.1, 0.15) is 6.34 Å². The van der Waals surface area contributed by atoms with Crippen LogP contribution in [-0.4, -0.2) is 17.9 Å². The molecule has 0 saturated heterocycles. The number of hydrazine groups is 2. The van der Waals surface area contributed by atoms with Gasteiger partial charge in [-0.25, -0.2) is 5.53 Å². The summed E-state index contributed by atoms with van der Waals surface area (Å²) in [6.45, 7) is 5.30. The summed E-state index contributed by atoms with van der Waals surface area (Å²) in [5, 5.41) is 5.67. The molecule has 0 aromatic rings. The van der Waals surface area contributed by atoms with Gasteiger partial charge in [0, 0.05) is 6.54 Å². The summed E-state index contributed by atoms with van der Waals surface area (Å²) >= 11 is 0. The normalized spacial score (nSPS) is 17.0. The van der Waals surface area contributed by atoms with Crippen LogP contribution >= 0.6 is 0 Å². The van der Waals surface area contributed by atoms with E-state index in [4.69, 9.17) is 0 Å². The number of hydrogen-bond acceptors (Lipinski definition) is 4. The highest BCUT2D eigenvalue weighted by Crippen LogP contribution is 1.93. The van der Waals surface area contributed by atoms with Crippen molar-refractivity contribution in [3.8, 4) is 0 Å². The molecule has 4 heteroatoms. The average molecular weight is 128 g/mol. The van der Waals surface area contributed by atoms with Crippen molar-refractivity contribution in [3.05, 3.63) is 0 Å². The topological polar surface area (TPSA) is 39.7 Å². The Labute approximate surface area is 54.9 Å². The lowest BCUT2D eigenvalue weighted by molar-refractivity contribution is 0.271. The Kier molecular flexibility index (Phi) is 1.89. The van der Waals surface area contributed by atoms with Crippen LogP contribution in [0.15, 0.2) is 5.10 Å². The highest BCUT2D eigenvalue weighted by Gasteiger charge is 2.04. The van der Waals surface area contributed by atoms with Gasteiger partial charge in [0.2, 0.25) is 0 Å². The van der Waals surface area contributed by atoms with E-state index >= 15 is 0 Å². The Morgan fingerprint density at radius 2 is 2.44 bits per heavy atom. The Morgan fingerprint density at radius 3 is 2.89 bits per heavy atom. The van der Waals surface area contributed by atoms with Gasteiger partial charge < -0.3 is 0 Å². The zero-order valence-corrected chi connectivity index (χ0v) is 5.76. The molecular weight excluding hydrogens is 116 g/mol. The number of nitrogens with one attached hydrogen (secondary N) is 2. The van der Waals surface area contributed by atoms with E-state index in [1.165, 1.54) is 0 Å². The Morgan fingerprint density at radius 1 is 1.67 bits per heavy atom. The lowest BCUT2D eigenvalue weighted by Crippen LogP contribution is -2.39. The highest BCUT2D eigenvalue weighted by molar-refractivity contribution is 5.54. The summed E-state index contributed by atoms with van der Waals surface area (Å²) in [4.78, 5) is 0. The third kappa shape index (κ3) is 1.89. The molecule has 9 heavy (non-hydrogen) atoms. The third-order valence-corrected chi connectivity index (χ3v) is 1.02. The van der Waals surface area contributed by atoms with Gasteiger partial charge in [-0.1, -0.05) is 13.8 Å². The minimum Gasteiger partial charge on any atom is -0.277 e. The second-order valence-corrected chi connectivity index (χ2v) is 2.51. The average Bonchev–Trinajstić information content (AvgIpc) is 2.15. The summed E-state index contributed by atoms with van der Waals surface area (Å²) in [7, 11) is 0. The van der Waals surface area contributed by atoms with E-state index in [1.807, 2.05) is 5.01 Å². The molecule has 0 amide bonds. The second kappa shape index (κ2) is 2.68. The summed E-state index contributed by atoms with van der Waals surface area (Å²) in [6, 6.07) is 0. The maximum Gasteiger partial charge on any atom is 0.128 e. The molecule has 0 atom stereocenters. The molecule has 0 aliphatic carbocycles. The molecule has 0 radical (unpaired) electrons. The number of rotatable bonds is 2.